The van der Waals surface area contributed by atoms with Crippen molar-refractivity contribution in [1.82, 2.24) is 5.32 Å². The van der Waals surface area contributed by atoms with Crippen molar-refractivity contribution in [2.45, 2.75) is 89.5 Å². The summed E-state index contributed by atoms with van der Waals surface area (Å²) < 4.78 is 0. The molecule has 0 unspecified atom stereocenters. The summed E-state index contributed by atoms with van der Waals surface area (Å²) in [7, 11) is 0. The molecule has 1 spiro atoms. The largest absolute Gasteiger partial charge is 0.334 e. The normalized spacial score (nSPS) is 19.9. The maximum absolute atomic E-state index is 13.3. The second kappa shape index (κ2) is 8.45. The van der Waals surface area contributed by atoms with Gasteiger partial charge in [-0.05, 0) is 59.8 Å². The van der Waals surface area contributed by atoms with Gasteiger partial charge in [-0.2, -0.15) is 0 Å². The van der Waals surface area contributed by atoms with Gasteiger partial charge in [0.25, 0.3) is 0 Å². The second-order valence-electron chi connectivity index (χ2n) is 9.83. The van der Waals surface area contributed by atoms with E-state index < -0.39 is 0 Å². The molecule has 2 amide bonds. The number of aryl methyl sites for hydroxylation is 1. The molecule has 0 bridgehead atoms. The number of hydrogen-bond donors (Lipinski definition) is 2. The van der Waals surface area contributed by atoms with Gasteiger partial charge in [-0.3, -0.25) is 0 Å². The van der Waals surface area contributed by atoms with Gasteiger partial charge in [-0.1, -0.05) is 83.0 Å². The standard InChI is InChI=1S/C27H36N2O/c1-18(2)21-11-9-12-22(19(3)4)25(21)29-26(30)28-24-15-14-20-10-5-6-13-23(20)27(24)16-7-8-17-27/h5-6,9-13,18-19,24H,7-8,14-17H2,1-4H3,(H2,28,29,30)/t24-/m0/s1. The number of benzene rings is 2. The zero-order valence-electron chi connectivity index (χ0n) is 18.9. The molecule has 160 valence electrons. The Hall–Kier alpha value is -2.29. The lowest BCUT2D eigenvalue weighted by Gasteiger charge is -2.43. The third-order valence-electron chi connectivity index (χ3n) is 7.34. The molecule has 30 heavy (non-hydrogen) atoms. The third kappa shape index (κ3) is 3.75. The fourth-order valence-electron chi connectivity index (χ4n) is 5.83. The molecule has 3 heteroatoms. The molecule has 1 fully saturated rings. The predicted molar refractivity (Wildman–Crippen MR) is 125 cm³/mol. The van der Waals surface area contributed by atoms with Crippen LogP contribution in [0.15, 0.2) is 42.5 Å². The van der Waals surface area contributed by atoms with Crippen LogP contribution in [0.1, 0.15) is 93.9 Å². The van der Waals surface area contributed by atoms with Crippen molar-refractivity contribution in [3.63, 3.8) is 0 Å². The molecular formula is C27H36N2O. The minimum absolute atomic E-state index is 0.0549. The van der Waals surface area contributed by atoms with Gasteiger partial charge in [0.1, 0.15) is 0 Å². The predicted octanol–water partition coefficient (Wildman–Crippen LogP) is 6.88. The Labute approximate surface area is 181 Å². The minimum atomic E-state index is -0.0549. The van der Waals surface area contributed by atoms with Crippen LogP contribution in [0.5, 0.6) is 0 Å². The molecule has 0 aliphatic heterocycles. The summed E-state index contributed by atoms with van der Waals surface area (Å²) >= 11 is 0. The van der Waals surface area contributed by atoms with Crippen molar-refractivity contribution in [3.8, 4) is 0 Å². The number of urea groups is 1. The Morgan fingerprint density at radius 3 is 2.20 bits per heavy atom. The fraction of sp³-hybridized carbons (Fsp3) is 0.519. The van der Waals surface area contributed by atoms with Crippen molar-refractivity contribution in [1.29, 1.82) is 0 Å². The Kier molecular flexibility index (Phi) is 5.90. The molecule has 1 atom stereocenters. The fourth-order valence-corrected chi connectivity index (χ4v) is 5.83. The number of amides is 2. The Morgan fingerprint density at radius 2 is 1.57 bits per heavy atom. The minimum Gasteiger partial charge on any atom is -0.334 e. The van der Waals surface area contributed by atoms with Gasteiger partial charge in [0.05, 0.1) is 0 Å². The van der Waals surface area contributed by atoms with E-state index in [9.17, 15) is 4.79 Å². The number of hydrogen-bond acceptors (Lipinski definition) is 1. The maximum Gasteiger partial charge on any atom is 0.319 e. The first-order valence-corrected chi connectivity index (χ1v) is 11.7. The average molecular weight is 405 g/mol. The molecule has 0 radical (unpaired) electrons. The van der Waals surface area contributed by atoms with Gasteiger partial charge < -0.3 is 10.6 Å². The summed E-state index contributed by atoms with van der Waals surface area (Å²) in [6, 6.07) is 15.4. The Morgan fingerprint density at radius 1 is 0.933 bits per heavy atom. The van der Waals surface area contributed by atoms with E-state index in [1.807, 2.05) is 0 Å². The number of carbonyl (C=O) groups excluding carboxylic acids is 1. The van der Waals surface area contributed by atoms with Crippen molar-refractivity contribution in [2.24, 2.45) is 0 Å². The van der Waals surface area contributed by atoms with Crippen LogP contribution in [-0.4, -0.2) is 12.1 Å². The monoisotopic (exact) mass is 404 g/mol. The smallest absolute Gasteiger partial charge is 0.319 e. The van der Waals surface area contributed by atoms with Crippen molar-refractivity contribution in [3.05, 3.63) is 64.7 Å². The average Bonchev–Trinajstić information content (AvgIpc) is 3.20. The van der Waals surface area contributed by atoms with E-state index >= 15 is 0 Å². The first-order chi connectivity index (χ1) is 14.4. The summed E-state index contributed by atoms with van der Waals surface area (Å²) in [5, 5.41) is 6.69. The van der Waals surface area contributed by atoms with E-state index in [1.54, 1.807) is 0 Å². The zero-order valence-corrected chi connectivity index (χ0v) is 18.9. The van der Waals surface area contributed by atoms with E-state index in [2.05, 4.69) is 80.8 Å². The molecule has 2 aromatic rings. The summed E-state index contributed by atoms with van der Waals surface area (Å²) in [5.41, 5.74) is 6.47. The first kappa shape index (κ1) is 21.0. The van der Waals surface area contributed by atoms with Crippen LogP contribution in [-0.2, 0) is 11.8 Å². The van der Waals surface area contributed by atoms with Crippen LogP contribution in [0, 0.1) is 0 Å². The molecule has 2 aliphatic carbocycles. The number of carbonyl (C=O) groups is 1. The number of fused-ring (bicyclic) bond motifs is 2. The van der Waals surface area contributed by atoms with Crippen LogP contribution >= 0.6 is 0 Å². The molecule has 1 saturated carbocycles. The van der Waals surface area contributed by atoms with Gasteiger partial charge in [-0.15, -0.1) is 0 Å². The number of para-hydroxylation sites is 1. The lowest BCUT2D eigenvalue weighted by atomic mass is 9.65. The van der Waals surface area contributed by atoms with E-state index in [1.165, 1.54) is 47.9 Å². The summed E-state index contributed by atoms with van der Waals surface area (Å²) in [6.45, 7) is 8.75. The van der Waals surface area contributed by atoms with E-state index in [0.717, 1.165) is 18.5 Å². The summed E-state index contributed by atoms with van der Waals surface area (Å²) in [6.07, 6.45) is 6.92. The van der Waals surface area contributed by atoms with Crippen LogP contribution < -0.4 is 10.6 Å². The van der Waals surface area contributed by atoms with Crippen molar-refractivity contribution >= 4 is 11.7 Å². The quantitative estimate of drug-likeness (QED) is 0.573. The van der Waals surface area contributed by atoms with E-state index in [0.29, 0.717) is 11.8 Å². The number of nitrogens with one attached hydrogen (secondary N) is 2. The van der Waals surface area contributed by atoms with E-state index in [-0.39, 0.29) is 17.5 Å². The molecular weight excluding hydrogens is 368 g/mol. The van der Waals surface area contributed by atoms with Crippen molar-refractivity contribution < 1.29 is 4.79 Å². The molecule has 4 rings (SSSR count). The van der Waals surface area contributed by atoms with Gasteiger partial charge in [-0.25, -0.2) is 4.79 Å². The zero-order chi connectivity index (χ0) is 21.3. The Balaban J connectivity index is 1.60. The Bertz CT molecular complexity index is 883. The highest BCUT2D eigenvalue weighted by molar-refractivity contribution is 5.91. The summed E-state index contributed by atoms with van der Waals surface area (Å²) in [5.74, 6) is 0.725. The molecule has 2 aromatic carbocycles. The van der Waals surface area contributed by atoms with Crippen LogP contribution in [0.3, 0.4) is 0 Å². The maximum atomic E-state index is 13.3. The molecule has 0 heterocycles. The summed E-state index contributed by atoms with van der Waals surface area (Å²) in [4.78, 5) is 13.3. The molecule has 0 saturated heterocycles. The second-order valence-corrected chi connectivity index (χ2v) is 9.83. The van der Waals surface area contributed by atoms with Gasteiger partial charge in [0.2, 0.25) is 0 Å². The van der Waals surface area contributed by atoms with Gasteiger partial charge >= 0.3 is 6.03 Å². The van der Waals surface area contributed by atoms with Crippen LogP contribution in [0.4, 0.5) is 10.5 Å². The SMILES string of the molecule is CC(C)c1cccc(C(C)C)c1NC(=O)N[C@H]1CCc2ccccc2C12CCCC2. The van der Waals surface area contributed by atoms with Crippen LogP contribution in [0.2, 0.25) is 0 Å². The third-order valence-corrected chi connectivity index (χ3v) is 7.34. The van der Waals surface area contributed by atoms with Gasteiger partial charge in [0.15, 0.2) is 0 Å². The van der Waals surface area contributed by atoms with Gasteiger partial charge in [0, 0.05) is 17.1 Å². The van der Waals surface area contributed by atoms with Crippen LogP contribution in [0.25, 0.3) is 0 Å². The lowest BCUT2D eigenvalue weighted by Crippen LogP contribution is -2.53. The highest BCUT2D eigenvalue weighted by Crippen LogP contribution is 2.49. The highest BCUT2D eigenvalue weighted by Gasteiger charge is 2.46. The van der Waals surface area contributed by atoms with E-state index in [4.69, 9.17) is 0 Å². The highest BCUT2D eigenvalue weighted by atomic mass is 16.2. The molecule has 3 nitrogen and oxygen atoms in total. The topological polar surface area (TPSA) is 41.1 Å². The molecule has 0 aromatic heterocycles. The lowest BCUT2D eigenvalue weighted by molar-refractivity contribution is 0.227. The molecule has 2 N–H and O–H groups in total. The molecule has 2 aliphatic rings. The first-order valence-electron chi connectivity index (χ1n) is 11.7. The van der Waals surface area contributed by atoms with Crippen molar-refractivity contribution in [2.75, 3.05) is 5.32 Å². The number of rotatable bonds is 4. The number of anilines is 1.